The standard InChI is InChI=1S/C26H30N2O7S/c1-16-12-20(26(31)32)13-17(2)25(16)18-4-7-21(8-5-18)35-11-10-27-15-24(30)19-6-9-23(29)22(14-19)28-36(3,33)34/h4-9,12-14,24,27-30H,10-11,15H2,1-3H3,(H,31,32). The fraction of sp³-hybridized carbons (Fsp3) is 0.269. The van der Waals surface area contributed by atoms with Crippen molar-refractivity contribution in [2.75, 3.05) is 30.7 Å². The van der Waals surface area contributed by atoms with Crippen LogP contribution in [0.25, 0.3) is 11.1 Å². The summed E-state index contributed by atoms with van der Waals surface area (Å²) in [5, 5.41) is 32.5. The summed E-state index contributed by atoms with van der Waals surface area (Å²) in [5.41, 5.74) is 4.45. The Hall–Kier alpha value is -3.60. The lowest BCUT2D eigenvalue weighted by molar-refractivity contribution is 0.0696. The third-order valence-corrected chi connectivity index (χ3v) is 6.10. The molecule has 10 heteroatoms. The number of aliphatic hydroxyl groups excluding tert-OH is 1. The van der Waals surface area contributed by atoms with Crippen molar-refractivity contribution in [3.05, 3.63) is 76.9 Å². The predicted octanol–water partition coefficient (Wildman–Crippen LogP) is 3.45. The Kier molecular flexibility index (Phi) is 8.57. The molecule has 0 bridgehead atoms. The molecular weight excluding hydrogens is 484 g/mol. The molecule has 9 nitrogen and oxygen atoms in total. The number of ether oxygens (including phenoxy) is 1. The van der Waals surface area contributed by atoms with Crippen LogP contribution < -0.4 is 14.8 Å². The fourth-order valence-electron chi connectivity index (χ4n) is 3.90. The van der Waals surface area contributed by atoms with E-state index in [4.69, 9.17) is 4.74 Å². The Morgan fingerprint density at radius 2 is 1.67 bits per heavy atom. The number of carbonyl (C=O) groups is 1. The Balaban J connectivity index is 1.51. The van der Waals surface area contributed by atoms with Gasteiger partial charge in [-0.1, -0.05) is 18.2 Å². The molecule has 0 aliphatic rings. The average Bonchev–Trinajstić information content (AvgIpc) is 2.79. The van der Waals surface area contributed by atoms with Gasteiger partial charge in [-0.15, -0.1) is 0 Å². The number of carboxylic acids is 1. The van der Waals surface area contributed by atoms with Gasteiger partial charge in [-0.3, -0.25) is 4.72 Å². The van der Waals surface area contributed by atoms with Crippen LogP contribution in [0.15, 0.2) is 54.6 Å². The number of carboxylic acid groups (broad SMARTS) is 1. The molecule has 36 heavy (non-hydrogen) atoms. The van der Waals surface area contributed by atoms with E-state index in [1.54, 1.807) is 12.1 Å². The van der Waals surface area contributed by atoms with E-state index in [2.05, 4.69) is 10.0 Å². The highest BCUT2D eigenvalue weighted by Gasteiger charge is 2.13. The second-order valence-electron chi connectivity index (χ2n) is 8.53. The monoisotopic (exact) mass is 514 g/mol. The quantitative estimate of drug-likeness (QED) is 0.193. The minimum absolute atomic E-state index is 0.00375. The van der Waals surface area contributed by atoms with Crippen LogP contribution in [0.2, 0.25) is 0 Å². The molecule has 1 unspecified atom stereocenters. The van der Waals surface area contributed by atoms with Gasteiger partial charge in [0.1, 0.15) is 18.1 Å². The maximum Gasteiger partial charge on any atom is 0.335 e. The smallest absolute Gasteiger partial charge is 0.335 e. The van der Waals surface area contributed by atoms with E-state index in [0.29, 0.717) is 24.5 Å². The van der Waals surface area contributed by atoms with E-state index in [0.717, 1.165) is 28.5 Å². The van der Waals surface area contributed by atoms with Crippen LogP contribution in [0.5, 0.6) is 11.5 Å². The van der Waals surface area contributed by atoms with Crippen LogP contribution in [0, 0.1) is 13.8 Å². The minimum Gasteiger partial charge on any atom is -0.506 e. The number of sulfonamides is 1. The number of aryl methyl sites for hydroxylation is 2. The van der Waals surface area contributed by atoms with Gasteiger partial charge in [0.25, 0.3) is 0 Å². The summed E-state index contributed by atoms with van der Waals surface area (Å²) in [6.07, 6.45) is 0.0644. The average molecular weight is 515 g/mol. The number of rotatable bonds is 11. The van der Waals surface area contributed by atoms with Crippen molar-refractivity contribution in [2.24, 2.45) is 0 Å². The van der Waals surface area contributed by atoms with E-state index in [-0.39, 0.29) is 23.5 Å². The summed E-state index contributed by atoms with van der Waals surface area (Å²) >= 11 is 0. The molecule has 192 valence electrons. The Bertz CT molecular complexity index is 1320. The van der Waals surface area contributed by atoms with Gasteiger partial charge in [-0.25, -0.2) is 13.2 Å². The highest BCUT2D eigenvalue weighted by Crippen LogP contribution is 2.30. The first-order valence-corrected chi connectivity index (χ1v) is 13.1. The van der Waals surface area contributed by atoms with Crippen molar-refractivity contribution in [1.29, 1.82) is 0 Å². The summed E-state index contributed by atoms with van der Waals surface area (Å²) < 4.78 is 30.8. The number of hydrogen-bond donors (Lipinski definition) is 5. The van der Waals surface area contributed by atoms with Crippen LogP contribution in [-0.4, -0.2) is 55.7 Å². The fourth-order valence-corrected chi connectivity index (χ4v) is 4.46. The molecule has 3 rings (SSSR count). The molecule has 0 aromatic heterocycles. The van der Waals surface area contributed by atoms with Gasteiger partial charge < -0.3 is 25.4 Å². The number of nitrogens with one attached hydrogen (secondary N) is 2. The molecular formula is C26H30N2O7S. The van der Waals surface area contributed by atoms with Crippen molar-refractivity contribution in [3.8, 4) is 22.6 Å². The zero-order valence-corrected chi connectivity index (χ0v) is 21.1. The van der Waals surface area contributed by atoms with E-state index in [1.165, 1.54) is 18.2 Å². The first-order chi connectivity index (χ1) is 16.9. The second-order valence-corrected chi connectivity index (χ2v) is 10.3. The van der Waals surface area contributed by atoms with Crippen LogP contribution in [-0.2, 0) is 10.0 Å². The SMILES string of the molecule is Cc1cc(C(=O)O)cc(C)c1-c1ccc(OCCNCC(O)c2ccc(O)c(NS(C)(=O)=O)c2)cc1. The molecule has 0 amide bonds. The molecule has 0 radical (unpaired) electrons. The first-order valence-electron chi connectivity index (χ1n) is 11.2. The highest BCUT2D eigenvalue weighted by atomic mass is 32.2. The molecule has 0 fully saturated rings. The summed E-state index contributed by atoms with van der Waals surface area (Å²) in [6, 6.07) is 15.1. The Morgan fingerprint density at radius 1 is 1.03 bits per heavy atom. The minimum atomic E-state index is -3.57. The summed E-state index contributed by atoms with van der Waals surface area (Å²) in [7, 11) is -3.57. The number of hydrogen-bond acceptors (Lipinski definition) is 7. The maximum absolute atomic E-state index is 11.4. The predicted molar refractivity (Wildman–Crippen MR) is 138 cm³/mol. The van der Waals surface area contributed by atoms with E-state index in [9.17, 15) is 28.5 Å². The third kappa shape index (κ3) is 7.20. The maximum atomic E-state index is 11.4. The van der Waals surface area contributed by atoms with E-state index in [1.807, 2.05) is 38.1 Å². The summed E-state index contributed by atoms with van der Waals surface area (Å²) in [5.74, 6) is -0.505. The zero-order chi connectivity index (χ0) is 26.5. The Labute approximate surface area is 210 Å². The topological polar surface area (TPSA) is 145 Å². The van der Waals surface area contributed by atoms with Crippen molar-refractivity contribution in [2.45, 2.75) is 20.0 Å². The largest absolute Gasteiger partial charge is 0.506 e. The highest BCUT2D eigenvalue weighted by molar-refractivity contribution is 7.92. The second kappa shape index (κ2) is 11.4. The molecule has 3 aromatic rings. The zero-order valence-electron chi connectivity index (χ0n) is 20.3. The van der Waals surface area contributed by atoms with Crippen LogP contribution in [0.3, 0.4) is 0 Å². The molecule has 0 spiro atoms. The first kappa shape index (κ1) is 27.0. The number of anilines is 1. The molecule has 3 aromatic carbocycles. The molecule has 0 aliphatic heterocycles. The number of phenolic OH excluding ortho intramolecular Hbond substituents is 1. The summed E-state index contributed by atoms with van der Waals surface area (Å²) in [6.45, 7) is 4.80. The van der Waals surface area contributed by atoms with Gasteiger partial charge in [0.2, 0.25) is 10.0 Å². The van der Waals surface area contributed by atoms with Crippen molar-refractivity contribution in [1.82, 2.24) is 5.32 Å². The van der Waals surface area contributed by atoms with Crippen LogP contribution in [0.4, 0.5) is 5.69 Å². The normalized spacial score (nSPS) is 12.2. The van der Waals surface area contributed by atoms with Gasteiger partial charge in [0.05, 0.1) is 23.6 Å². The molecule has 0 aliphatic carbocycles. The van der Waals surface area contributed by atoms with E-state index >= 15 is 0 Å². The number of benzene rings is 3. The van der Waals surface area contributed by atoms with Gasteiger partial charge in [0, 0.05) is 13.1 Å². The molecule has 0 saturated carbocycles. The molecule has 5 N–H and O–H groups in total. The lowest BCUT2D eigenvalue weighted by atomic mass is 9.93. The van der Waals surface area contributed by atoms with Crippen LogP contribution in [0.1, 0.15) is 33.2 Å². The third-order valence-electron chi connectivity index (χ3n) is 5.51. The number of phenols is 1. The van der Waals surface area contributed by atoms with Gasteiger partial charge >= 0.3 is 5.97 Å². The summed E-state index contributed by atoms with van der Waals surface area (Å²) in [4.78, 5) is 11.3. The van der Waals surface area contributed by atoms with E-state index < -0.39 is 22.1 Å². The van der Waals surface area contributed by atoms with Crippen molar-refractivity contribution >= 4 is 21.7 Å². The van der Waals surface area contributed by atoms with Crippen molar-refractivity contribution < 1.29 is 33.3 Å². The molecule has 0 heterocycles. The van der Waals surface area contributed by atoms with Gasteiger partial charge in [0.15, 0.2) is 0 Å². The van der Waals surface area contributed by atoms with Gasteiger partial charge in [-0.2, -0.15) is 0 Å². The lowest BCUT2D eigenvalue weighted by Gasteiger charge is -2.15. The van der Waals surface area contributed by atoms with Crippen molar-refractivity contribution in [3.63, 3.8) is 0 Å². The van der Waals surface area contributed by atoms with Gasteiger partial charge in [-0.05, 0) is 78.1 Å². The van der Waals surface area contributed by atoms with Crippen LogP contribution >= 0.6 is 0 Å². The lowest BCUT2D eigenvalue weighted by Crippen LogP contribution is -2.26. The number of aromatic hydroxyl groups is 1. The number of aromatic carboxylic acids is 1. The molecule has 0 saturated heterocycles. The Morgan fingerprint density at radius 3 is 2.25 bits per heavy atom. The number of aliphatic hydroxyl groups is 1. The molecule has 1 atom stereocenters.